The molecule has 0 saturated heterocycles. The van der Waals surface area contributed by atoms with Gasteiger partial charge in [0.15, 0.2) is 0 Å². The van der Waals surface area contributed by atoms with E-state index in [2.05, 4.69) is 21.0 Å². The Balaban J connectivity index is 0. The van der Waals surface area contributed by atoms with Gasteiger partial charge in [0.2, 0.25) is 0 Å². The molecule has 0 radical (unpaired) electrons. The third-order valence-corrected chi connectivity index (χ3v) is 6.63. The monoisotopic (exact) mass is 461 g/mol. The van der Waals surface area contributed by atoms with Crippen LogP contribution in [0.3, 0.4) is 0 Å². The van der Waals surface area contributed by atoms with E-state index >= 15 is 0 Å². The van der Waals surface area contributed by atoms with E-state index in [9.17, 15) is 5.11 Å². The molecule has 1 atom stereocenters. The van der Waals surface area contributed by atoms with Crippen molar-refractivity contribution in [2.24, 2.45) is 0 Å². The molecular weight excluding hydrogens is 402 g/mol. The van der Waals surface area contributed by atoms with Gasteiger partial charge in [-0.3, -0.25) is 0 Å². The zero-order chi connectivity index (χ0) is 22.3. The van der Waals surface area contributed by atoms with Gasteiger partial charge in [0.05, 0.1) is 20.6 Å². The highest BCUT2D eigenvalue weighted by Crippen LogP contribution is 2.15. The van der Waals surface area contributed by atoms with Gasteiger partial charge in [-0.05, 0) is 19.8 Å². The SMILES string of the molecule is CCCCCCCCCCCCCCCCCCCCCCC[N+](C)(C)CC(C)O.[Cl-]. The maximum Gasteiger partial charge on any atom is 0.104 e. The number of nitrogens with zero attached hydrogens (tertiary/aromatic N) is 1. The Morgan fingerprint density at radius 3 is 1.03 bits per heavy atom. The molecule has 0 aromatic heterocycles. The van der Waals surface area contributed by atoms with Crippen molar-refractivity contribution in [3.63, 3.8) is 0 Å². The second-order valence-electron chi connectivity index (χ2n) is 10.8. The molecule has 3 heteroatoms. The van der Waals surface area contributed by atoms with Crippen molar-refractivity contribution in [3.8, 4) is 0 Å². The highest BCUT2D eigenvalue weighted by atomic mass is 35.5. The topological polar surface area (TPSA) is 20.2 Å². The van der Waals surface area contributed by atoms with Crippen molar-refractivity contribution in [3.05, 3.63) is 0 Å². The zero-order valence-electron chi connectivity index (χ0n) is 22.1. The average Bonchev–Trinajstić information content (AvgIpc) is 2.68. The minimum Gasteiger partial charge on any atom is -1.00 e. The maximum absolute atomic E-state index is 9.54. The molecule has 0 heterocycles. The smallest absolute Gasteiger partial charge is 0.104 e. The van der Waals surface area contributed by atoms with Crippen LogP contribution in [-0.4, -0.2) is 42.9 Å². The predicted octanol–water partition coefficient (Wildman–Crippen LogP) is 5.66. The summed E-state index contributed by atoms with van der Waals surface area (Å²) in [5.41, 5.74) is 0. The summed E-state index contributed by atoms with van der Waals surface area (Å²) in [7, 11) is 4.48. The highest BCUT2D eigenvalue weighted by Gasteiger charge is 2.16. The zero-order valence-corrected chi connectivity index (χ0v) is 22.9. The predicted molar refractivity (Wildman–Crippen MR) is 136 cm³/mol. The Morgan fingerprint density at radius 2 is 0.774 bits per heavy atom. The molecule has 0 saturated carbocycles. The van der Waals surface area contributed by atoms with Crippen LogP contribution in [0.4, 0.5) is 0 Å². The van der Waals surface area contributed by atoms with Gasteiger partial charge >= 0.3 is 0 Å². The summed E-state index contributed by atoms with van der Waals surface area (Å²) in [5.74, 6) is 0. The first-order valence-corrected chi connectivity index (χ1v) is 14.0. The summed E-state index contributed by atoms with van der Waals surface area (Å²) < 4.78 is 0.955. The van der Waals surface area contributed by atoms with Crippen LogP contribution in [0.25, 0.3) is 0 Å². The number of aliphatic hydroxyl groups is 1. The van der Waals surface area contributed by atoms with Crippen LogP contribution >= 0.6 is 0 Å². The number of quaternary nitrogens is 1. The molecule has 0 aliphatic heterocycles. The summed E-state index contributed by atoms with van der Waals surface area (Å²) in [5, 5.41) is 9.54. The summed E-state index contributed by atoms with van der Waals surface area (Å²) >= 11 is 0. The maximum atomic E-state index is 9.54. The van der Waals surface area contributed by atoms with Gasteiger partial charge in [0.25, 0.3) is 0 Å². The highest BCUT2D eigenvalue weighted by molar-refractivity contribution is 4.51. The lowest BCUT2D eigenvalue weighted by Crippen LogP contribution is -3.00. The largest absolute Gasteiger partial charge is 1.00 e. The first-order valence-electron chi connectivity index (χ1n) is 14.0. The molecule has 31 heavy (non-hydrogen) atoms. The molecule has 0 rings (SSSR count). The normalized spacial score (nSPS) is 12.7. The van der Waals surface area contributed by atoms with E-state index in [1.54, 1.807) is 0 Å². The molecule has 0 aliphatic rings. The van der Waals surface area contributed by atoms with Crippen LogP contribution in [0.2, 0.25) is 0 Å². The fourth-order valence-electron chi connectivity index (χ4n) is 4.78. The number of likely N-dealkylation sites (N-methyl/N-ethyl adjacent to an activating group) is 1. The number of rotatable bonds is 24. The van der Waals surface area contributed by atoms with Crippen molar-refractivity contribution < 1.29 is 22.0 Å². The lowest BCUT2D eigenvalue weighted by Gasteiger charge is -2.31. The van der Waals surface area contributed by atoms with Gasteiger partial charge < -0.3 is 22.0 Å². The van der Waals surface area contributed by atoms with Gasteiger partial charge in [0.1, 0.15) is 12.6 Å². The lowest BCUT2D eigenvalue weighted by molar-refractivity contribution is -0.893. The van der Waals surface area contributed by atoms with E-state index in [1.165, 1.54) is 141 Å². The standard InChI is InChI=1S/C28H60NO.ClH/c1-5-6-7-8-9-10-11-12-13-14-15-16-17-18-19-20-21-22-23-24-25-26-29(3,4)27-28(2)30;/h28,30H,5-27H2,1-4H3;1H/q+1;/p-1. The summed E-state index contributed by atoms with van der Waals surface area (Å²) in [6, 6.07) is 0. The van der Waals surface area contributed by atoms with Gasteiger partial charge in [0, 0.05) is 0 Å². The molecule has 2 nitrogen and oxygen atoms in total. The minimum atomic E-state index is -0.185. The van der Waals surface area contributed by atoms with E-state index in [4.69, 9.17) is 0 Å². The molecule has 0 aromatic rings. The Labute approximate surface area is 204 Å². The van der Waals surface area contributed by atoms with Crippen LogP contribution in [-0.2, 0) is 0 Å². The summed E-state index contributed by atoms with van der Waals surface area (Å²) in [6.45, 7) is 6.27. The van der Waals surface area contributed by atoms with Crippen molar-refractivity contribution in [2.45, 2.75) is 155 Å². The Hall–Kier alpha value is 0.210. The van der Waals surface area contributed by atoms with Gasteiger partial charge in [-0.25, -0.2) is 0 Å². The summed E-state index contributed by atoms with van der Waals surface area (Å²) in [4.78, 5) is 0. The third kappa shape index (κ3) is 28.2. The van der Waals surface area contributed by atoms with Crippen LogP contribution in [0.5, 0.6) is 0 Å². The first-order chi connectivity index (χ1) is 14.5. The van der Waals surface area contributed by atoms with Crippen LogP contribution in [0.1, 0.15) is 149 Å². The molecule has 0 bridgehead atoms. The van der Waals surface area contributed by atoms with Gasteiger partial charge in [-0.1, -0.05) is 129 Å². The number of halogens is 1. The van der Waals surface area contributed by atoms with Gasteiger partial charge in [-0.2, -0.15) is 0 Å². The van der Waals surface area contributed by atoms with E-state index in [0.29, 0.717) is 0 Å². The number of unbranched alkanes of at least 4 members (excludes halogenated alkanes) is 20. The van der Waals surface area contributed by atoms with Crippen molar-refractivity contribution in [1.82, 2.24) is 0 Å². The number of aliphatic hydroxyl groups excluding tert-OH is 1. The van der Waals surface area contributed by atoms with Crippen LogP contribution in [0, 0.1) is 0 Å². The quantitative estimate of drug-likeness (QED) is 0.145. The molecule has 190 valence electrons. The molecule has 1 N–H and O–H groups in total. The van der Waals surface area contributed by atoms with E-state index < -0.39 is 0 Å². The van der Waals surface area contributed by atoms with Gasteiger partial charge in [-0.15, -0.1) is 0 Å². The fraction of sp³-hybridized carbons (Fsp3) is 1.00. The Morgan fingerprint density at radius 1 is 0.516 bits per heavy atom. The fourth-order valence-corrected chi connectivity index (χ4v) is 4.78. The first kappa shape index (κ1) is 33.4. The number of hydrogen-bond donors (Lipinski definition) is 1. The second kappa shape index (κ2) is 24.8. The van der Waals surface area contributed by atoms with E-state index in [-0.39, 0.29) is 18.5 Å². The van der Waals surface area contributed by atoms with Crippen molar-refractivity contribution in [1.29, 1.82) is 0 Å². The molecule has 0 aliphatic carbocycles. The van der Waals surface area contributed by atoms with Crippen molar-refractivity contribution in [2.75, 3.05) is 27.2 Å². The molecular formula is C28H60ClNO. The lowest BCUT2D eigenvalue weighted by atomic mass is 10.0. The Bertz CT molecular complexity index is 333. The summed E-state index contributed by atoms with van der Waals surface area (Å²) in [6.07, 6.45) is 30.1. The molecule has 0 aromatic carbocycles. The van der Waals surface area contributed by atoms with E-state index in [0.717, 1.165) is 11.0 Å². The van der Waals surface area contributed by atoms with E-state index in [1.807, 2.05) is 6.92 Å². The van der Waals surface area contributed by atoms with Crippen LogP contribution < -0.4 is 12.4 Å². The molecule has 1 unspecified atom stereocenters. The minimum absolute atomic E-state index is 0. The third-order valence-electron chi connectivity index (χ3n) is 6.63. The number of hydrogen-bond acceptors (Lipinski definition) is 1. The van der Waals surface area contributed by atoms with Crippen LogP contribution in [0.15, 0.2) is 0 Å². The second-order valence-corrected chi connectivity index (χ2v) is 10.8. The Kier molecular flexibility index (Phi) is 26.8. The molecule has 0 fully saturated rings. The average molecular weight is 462 g/mol. The molecule has 0 spiro atoms. The molecule has 0 amide bonds. The van der Waals surface area contributed by atoms with Crippen molar-refractivity contribution >= 4 is 0 Å².